The lowest BCUT2D eigenvalue weighted by Crippen LogP contribution is -2.27. The van der Waals surface area contributed by atoms with E-state index in [0.29, 0.717) is 18.1 Å². The molecule has 0 aliphatic rings. The summed E-state index contributed by atoms with van der Waals surface area (Å²) in [5.41, 5.74) is 1.64. The largest absolute Gasteiger partial charge is 0.359 e. The van der Waals surface area contributed by atoms with E-state index in [2.05, 4.69) is 27.2 Å². The Morgan fingerprint density at radius 1 is 1.25 bits per heavy atom. The fraction of sp³-hybridized carbons (Fsp3) is 0.444. The molecule has 24 heavy (non-hydrogen) atoms. The first-order chi connectivity index (χ1) is 11.6. The lowest BCUT2D eigenvalue weighted by atomic mass is 10.2. The summed E-state index contributed by atoms with van der Waals surface area (Å²) in [5, 5.41) is 2.90. The van der Waals surface area contributed by atoms with Crippen molar-refractivity contribution in [1.82, 2.24) is 20.3 Å². The standard InChI is InChI=1S/C18H25N5O/c1-4-5-9-20-18(24)16-13-17(22-14(2)21-16)23(3)12-8-15-6-10-19-11-7-15/h6-7,10-11,13H,4-5,8-9,12H2,1-3H3,(H,20,24). The monoisotopic (exact) mass is 327 g/mol. The Kier molecular flexibility index (Phi) is 6.66. The predicted octanol–water partition coefficient (Wildman–Crippen LogP) is 2.39. The molecule has 2 rings (SSSR count). The molecule has 2 aromatic rings. The summed E-state index contributed by atoms with van der Waals surface area (Å²) in [6.07, 6.45) is 6.49. The third-order valence-electron chi connectivity index (χ3n) is 3.75. The van der Waals surface area contributed by atoms with E-state index in [4.69, 9.17) is 0 Å². The molecule has 0 spiro atoms. The number of amides is 1. The van der Waals surface area contributed by atoms with E-state index in [-0.39, 0.29) is 5.91 Å². The van der Waals surface area contributed by atoms with Gasteiger partial charge in [0.1, 0.15) is 17.3 Å². The second-order valence-corrected chi connectivity index (χ2v) is 5.80. The van der Waals surface area contributed by atoms with Gasteiger partial charge in [-0.15, -0.1) is 0 Å². The van der Waals surface area contributed by atoms with E-state index in [1.165, 1.54) is 5.56 Å². The second kappa shape index (κ2) is 8.96. The van der Waals surface area contributed by atoms with Crippen LogP contribution in [-0.2, 0) is 6.42 Å². The number of aromatic nitrogens is 3. The molecule has 0 saturated heterocycles. The van der Waals surface area contributed by atoms with Crippen molar-refractivity contribution in [3.8, 4) is 0 Å². The normalized spacial score (nSPS) is 10.5. The lowest BCUT2D eigenvalue weighted by molar-refractivity contribution is 0.0948. The first-order valence-electron chi connectivity index (χ1n) is 8.34. The highest BCUT2D eigenvalue weighted by molar-refractivity contribution is 5.92. The molecule has 128 valence electrons. The van der Waals surface area contributed by atoms with Gasteiger partial charge >= 0.3 is 0 Å². The van der Waals surface area contributed by atoms with E-state index in [9.17, 15) is 4.79 Å². The van der Waals surface area contributed by atoms with Crippen LogP contribution in [0.4, 0.5) is 5.82 Å². The van der Waals surface area contributed by atoms with Crippen LogP contribution in [0.2, 0.25) is 0 Å². The van der Waals surface area contributed by atoms with Crippen LogP contribution in [0.25, 0.3) is 0 Å². The highest BCUT2D eigenvalue weighted by atomic mass is 16.1. The van der Waals surface area contributed by atoms with Gasteiger partial charge in [-0.05, 0) is 37.5 Å². The number of carbonyl (C=O) groups is 1. The third kappa shape index (κ3) is 5.30. The summed E-state index contributed by atoms with van der Waals surface area (Å²) in [6.45, 7) is 5.38. The van der Waals surface area contributed by atoms with Gasteiger partial charge in [-0.25, -0.2) is 9.97 Å². The van der Waals surface area contributed by atoms with Crippen molar-refractivity contribution in [2.24, 2.45) is 0 Å². The summed E-state index contributed by atoms with van der Waals surface area (Å²) in [4.78, 5) is 27.0. The number of carbonyl (C=O) groups excluding carboxylic acids is 1. The van der Waals surface area contributed by atoms with Gasteiger partial charge in [0.2, 0.25) is 0 Å². The molecule has 6 heteroatoms. The Labute approximate surface area is 143 Å². The zero-order chi connectivity index (χ0) is 17.4. The molecule has 0 aliphatic heterocycles. The molecular weight excluding hydrogens is 302 g/mol. The second-order valence-electron chi connectivity index (χ2n) is 5.80. The Morgan fingerprint density at radius 3 is 2.71 bits per heavy atom. The summed E-state index contributed by atoms with van der Waals surface area (Å²) in [5.74, 6) is 1.22. The molecule has 0 unspecified atom stereocenters. The summed E-state index contributed by atoms with van der Waals surface area (Å²) in [7, 11) is 1.97. The fourth-order valence-corrected chi connectivity index (χ4v) is 2.29. The molecule has 0 fully saturated rings. The van der Waals surface area contributed by atoms with Crippen LogP contribution in [0.5, 0.6) is 0 Å². The lowest BCUT2D eigenvalue weighted by Gasteiger charge is -2.19. The van der Waals surface area contributed by atoms with E-state index in [1.54, 1.807) is 18.5 Å². The molecular formula is C18H25N5O. The minimum Gasteiger partial charge on any atom is -0.359 e. The first-order valence-corrected chi connectivity index (χ1v) is 8.34. The van der Waals surface area contributed by atoms with Crippen LogP contribution in [0.3, 0.4) is 0 Å². The van der Waals surface area contributed by atoms with Crippen molar-refractivity contribution in [3.05, 3.63) is 47.7 Å². The van der Waals surface area contributed by atoms with Crippen molar-refractivity contribution in [3.63, 3.8) is 0 Å². The maximum Gasteiger partial charge on any atom is 0.270 e. The fourth-order valence-electron chi connectivity index (χ4n) is 2.29. The Bertz CT molecular complexity index is 660. The van der Waals surface area contributed by atoms with E-state index >= 15 is 0 Å². The number of hydrogen-bond donors (Lipinski definition) is 1. The van der Waals surface area contributed by atoms with Gasteiger partial charge in [-0.1, -0.05) is 13.3 Å². The molecule has 0 bridgehead atoms. The number of likely N-dealkylation sites (N-methyl/N-ethyl adjacent to an activating group) is 1. The predicted molar refractivity (Wildman–Crippen MR) is 95.2 cm³/mol. The van der Waals surface area contributed by atoms with Crippen LogP contribution in [0.15, 0.2) is 30.6 Å². The number of nitrogens with one attached hydrogen (secondary N) is 1. The SMILES string of the molecule is CCCCNC(=O)c1cc(N(C)CCc2ccncc2)nc(C)n1. The van der Waals surface area contributed by atoms with Gasteiger partial charge < -0.3 is 10.2 Å². The highest BCUT2D eigenvalue weighted by Crippen LogP contribution is 2.12. The molecule has 0 aliphatic carbocycles. The maximum atomic E-state index is 12.2. The van der Waals surface area contributed by atoms with Crippen molar-refractivity contribution >= 4 is 11.7 Å². The minimum absolute atomic E-state index is 0.141. The molecule has 2 aromatic heterocycles. The smallest absolute Gasteiger partial charge is 0.270 e. The number of rotatable bonds is 8. The highest BCUT2D eigenvalue weighted by Gasteiger charge is 2.12. The molecule has 0 radical (unpaired) electrons. The van der Waals surface area contributed by atoms with Gasteiger partial charge in [-0.3, -0.25) is 9.78 Å². The molecule has 1 amide bonds. The van der Waals surface area contributed by atoms with E-state index < -0.39 is 0 Å². The number of pyridine rings is 1. The molecule has 0 aromatic carbocycles. The van der Waals surface area contributed by atoms with Crippen LogP contribution in [0, 0.1) is 6.92 Å². The molecule has 6 nitrogen and oxygen atoms in total. The molecule has 0 saturated carbocycles. The molecule has 2 heterocycles. The summed E-state index contributed by atoms with van der Waals surface area (Å²) in [6, 6.07) is 5.76. The van der Waals surface area contributed by atoms with E-state index in [0.717, 1.165) is 31.6 Å². The summed E-state index contributed by atoms with van der Waals surface area (Å²) < 4.78 is 0. The number of hydrogen-bond acceptors (Lipinski definition) is 5. The Hall–Kier alpha value is -2.50. The third-order valence-corrected chi connectivity index (χ3v) is 3.75. The van der Waals surface area contributed by atoms with Crippen molar-refractivity contribution in [1.29, 1.82) is 0 Å². The van der Waals surface area contributed by atoms with Crippen LogP contribution >= 0.6 is 0 Å². The quantitative estimate of drug-likeness (QED) is 0.754. The number of anilines is 1. The van der Waals surface area contributed by atoms with E-state index in [1.807, 2.05) is 31.0 Å². The Morgan fingerprint density at radius 2 is 2.00 bits per heavy atom. The van der Waals surface area contributed by atoms with Crippen LogP contribution in [0.1, 0.15) is 41.6 Å². The molecule has 1 N–H and O–H groups in total. The van der Waals surface area contributed by atoms with Gasteiger partial charge in [0.05, 0.1) is 0 Å². The van der Waals surface area contributed by atoms with Gasteiger partial charge in [-0.2, -0.15) is 0 Å². The number of aryl methyl sites for hydroxylation is 1. The van der Waals surface area contributed by atoms with Crippen molar-refractivity contribution < 1.29 is 4.79 Å². The number of nitrogens with zero attached hydrogens (tertiary/aromatic N) is 4. The zero-order valence-electron chi connectivity index (χ0n) is 14.6. The summed E-state index contributed by atoms with van der Waals surface area (Å²) >= 11 is 0. The van der Waals surface area contributed by atoms with Gasteiger partial charge in [0, 0.05) is 38.6 Å². The number of unbranched alkanes of at least 4 members (excludes halogenated alkanes) is 1. The van der Waals surface area contributed by atoms with Crippen molar-refractivity contribution in [2.45, 2.75) is 33.1 Å². The minimum atomic E-state index is -0.141. The van der Waals surface area contributed by atoms with Gasteiger partial charge in [0.15, 0.2) is 0 Å². The van der Waals surface area contributed by atoms with Crippen molar-refractivity contribution in [2.75, 3.05) is 25.0 Å². The van der Waals surface area contributed by atoms with Crippen LogP contribution < -0.4 is 10.2 Å². The first kappa shape index (κ1) is 17.8. The van der Waals surface area contributed by atoms with Gasteiger partial charge in [0.25, 0.3) is 5.91 Å². The maximum absolute atomic E-state index is 12.2. The average Bonchev–Trinajstić information content (AvgIpc) is 2.60. The van der Waals surface area contributed by atoms with Crippen LogP contribution in [-0.4, -0.2) is 41.0 Å². The zero-order valence-corrected chi connectivity index (χ0v) is 14.6. The molecule has 0 atom stereocenters. The topological polar surface area (TPSA) is 71.0 Å². The average molecular weight is 327 g/mol. The Balaban J connectivity index is 2.02.